The highest BCUT2D eigenvalue weighted by atomic mass is 32.2. The Morgan fingerprint density at radius 2 is 1.82 bits per heavy atom. The molecule has 8 nitrogen and oxygen atoms in total. The number of amides is 1. The zero-order valence-electron chi connectivity index (χ0n) is 16.1. The molecule has 1 aromatic heterocycles. The lowest BCUT2D eigenvalue weighted by Crippen LogP contribution is -2.47. The molecular formula is C18H25N5O3S2. The first-order valence-corrected chi connectivity index (χ1v) is 11.6. The minimum absolute atomic E-state index is 0.0417. The van der Waals surface area contributed by atoms with Gasteiger partial charge in [0.05, 0.1) is 17.2 Å². The number of likely N-dealkylation sites (N-methyl/N-ethyl adjacent to an activating group) is 1. The Labute approximate surface area is 169 Å². The molecule has 28 heavy (non-hydrogen) atoms. The largest absolute Gasteiger partial charge is 0.304 e. The number of benzene rings is 1. The minimum atomic E-state index is -3.37. The number of aromatic nitrogens is 2. The Kier molecular flexibility index (Phi) is 6.76. The molecule has 0 saturated carbocycles. The first kappa shape index (κ1) is 20.8. The maximum atomic E-state index is 12.4. The van der Waals surface area contributed by atoms with E-state index in [4.69, 9.17) is 0 Å². The Bertz CT molecular complexity index is 904. The molecule has 0 radical (unpaired) electrons. The molecule has 0 unspecified atom stereocenters. The van der Waals surface area contributed by atoms with E-state index >= 15 is 0 Å². The van der Waals surface area contributed by atoms with Crippen molar-refractivity contribution in [1.82, 2.24) is 20.0 Å². The Morgan fingerprint density at radius 3 is 2.50 bits per heavy atom. The van der Waals surface area contributed by atoms with Gasteiger partial charge in [0.1, 0.15) is 5.01 Å². The van der Waals surface area contributed by atoms with Gasteiger partial charge in [-0.15, -0.1) is 10.2 Å². The van der Waals surface area contributed by atoms with Crippen molar-refractivity contribution in [3.8, 4) is 0 Å². The van der Waals surface area contributed by atoms with Crippen molar-refractivity contribution >= 4 is 32.2 Å². The average Bonchev–Trinajstić information content (AvgIpc) is 3.10. The maximum Gasteiger partial charge on any atom is 0.240 e. The number of aryl methyl sites for hydroxylation is 2. The average molecular weight is 424 g/mol. The van der Waals surface area contributed by atoms with Crippen LogP contribution < -0.4 is 5.32 Å². The molecule has 1 fully saturated rings. The van der Waals surface area contributed by atoms with Crippen LogP contribution in [0.4, 0.5) is 5.13 Å². The van der Waals surface area contributed by atoms with Crippen LogP contribution >= 0.6 is 11.3 Å². The Balaban J connectivity index is 1.50. The highest BCUT2D eigenvalue weighted by molar-refractivity contribution is 7.91. The lowest BCUT2D eigenvalue weighted by molar-refractivity contribution is -0.117. The van der Waals surface area contributed by atoms with Gasteiger partial charge in [-0.05, 0) is 26.1 Å². The number of anilines is 1. The second kappa shape index (κ2) is 9.08. The van der Waals surface area contributed by atoms with Crippen LogP contribution in [0, 0.1) is 6.92 Å². The van der Waals surface area contributed by atoms with Crippen LogP contribution in [0.1, 0.15) is 10.6 Å². The second-order valence-corrected chi connectivity index (χ2v) is 10.2. The summed E-state index contributed by atoms with van der Waals surface area (Å²) in [4.78, 5) is 16.8. The number of hydrogen-bond donors (Lipinski definition) is 1. The summed E-state index contributed by atoms with van der Waals surface area (Å²) >= 11 is 1.22. The van der Waals surface area contributed by atoms with Gasteiger partial charge in [-0.3, -0.25) is 15.0 Å². The fourth-order valence-corrected chi connectivity index (χ4v) is 4.99. The van der Waals surface area contributed by atoms with Crippen LogP contribution in [-0.4, -0.2) is 79.8 Å². The first-order chi connectivity index (χ1) is 13.3. The molecule has 152 valence electrons. The lowest BCUT2D eigenvalue weighted by Gasteiger charge is -2.31. The van der Waals surface area contributed by atoms with Crippen LogP contribution in [0.5, 0.6) is 0 Å². The van der Waals surface area contributed by atoms with E-state index in [1.54, 1.807) is 24.3 Å². The van der Waals surface area contributed by atoms with Gasteiger partial charge < -0.3 is 4.90 Å². The summed E-state index contributed by atoms with van der Waals surface area (Å²) in [7, 11) is -1.30. The molecular weight excluding hydrogens is 398 g/mol. The van der Waals surface area contributed by atoms with Gasteiger partial charge in [-0.25, -0.2) is 8.42 Å². The topological polar surface area (TPSA) is 95.5 Å². The molecule has 0 bridgehead atoms. The van der Waals surface area contributed by atoms with E-state index in [0.717, 1.165) is 31.7 Å². The highest BCUT2D eigenvalue weighted by Gasteiger charge is 2.19. The number of piperazine rings is 1. The van der Waals surface area contributed by atoms with Crippen LogP contribution in [0.2, 0.25) is 0 Å². The second-order valence-electron chi connectivity index (χ2n) is 7.01. The van der Waals surface area contributed by atoms with Crippen LogP contribution in [0.15, 0.2) is 29.2 Å². The van der Waals surface area contributed by atoms with Gasteiger partial charge in [0.2, 0.25) is 11.0 Å². The molecule has 0 atom stereocenters. The van der Waals surface area contributed by atoms with E-state index in [0.29, 0.717) is 21.6 Å². The summed E-state index contributed by atoms with van der Waals surface area (Å²) in [6.07, 6.45) is 0.266. The monoisotopic (exact) mass is 423 g/mol. The highest BCUT2D eigenvalue weighted by Crippen LogP contribution is 2.18. The summed E-state index contributed by atoms with van der Waals surface area (Å²) < 4.78 is 24.8. The molecule has 0 aliphatic carbocycles. The normalized spacial score (nSPS) is 16.2. The molecule has 1 aliphatic heterocycles. The maximum absolute atomic E-state index is 12.4. The van der Waals surface area contributed by atoms with Crippen molar-refractivity contribution in [2.45, 2.75) is 18.2 Å². The van der Waals surface area contributed by atoms with Gasteiger partial charge in [-0.2, -0.15) is 0 Å². The van der Waals surface area contributed by atoms with Crippen LogP contribution in [0.25, 0.3) is 0 Å². The number of rotatable bonds is 7. The summed E-state index contributed by atoms with van der Waals surface area (Å²) in [5, 5.41) is 11.7. The zero-order valence-corrected chi connectivity index (χ0v) is 17.7. The number of sulfone groups is 1. The van der Waals surface area contributed by atoms with Gasteiger partial charge in [0, 0.05) is 32.6 Å². The predicted molar refractivity (Wildman–Crippen MR) is 109 cm³/mol. The van der Waals surface area contributed by atoms with E-state index < -0.39 is 9.84 Å². The molecule has 2 aromatic rings. The van der Waals surface area contributed by atoms with Crippen molar-refractivity contribution in [1.29, 1.82) is 0 Å². The fraction of sp³-hybridized carbons (Fsp3) is 0.500. The molecule has 2 heterocycles. The van der Waals surface area contributed by atoms with E-state index in [-0.39, 0.29) is 18.1 Å². The molecule has 1 amide bonds. The summed E-state index contributed by atoms with van der Waals surface area (Å²) in [5.41, 5.74) is 1.01. The molecule has 10 heteroatoms. The van der Waals surface area contributed by atoms with Crippen molar-refractivity contribution in [3.63, 3.8) is 0 Å². The minimum Gasteiger partial charge on any atom is -0.304 e. The molecule has 3 rings (SSSR count). The third kappa shape index (κ3) is 5.81. The number of nitrogens with zero attached hydrogens (tertiary/aromatic N) is 4. The third-order valence-electron chi connectivity index (χ3n) is 4.64. The van der Waals surface area contributed by atoms with Crippen LogP contribution in [0.3, 0.4) is 0 Å². The molecule has 1 saturated heterocycles. The first-order valence-electron chi connectivity index (χ1n) is 9.14. The van der Waals surface area contributed by atoms with E-state index in [1.807, 2.05) is 6.92 Å². The number of carbonyl (C=O) groups excluding carboxylic acids is 1. The van der Waals surface area contributed by atoms with E-state index in [9.17, 15) is 13.2 Å². The lowest BCUT2D eigenvalue weighted by atomic mass is 10.2. The van der Waals surface area contributed by atoms with Gasteiger partial charge in [-0.1, -0.05) is 29.0 Å². The summed E-state index contributed by atoms with van der Waals surface area (Å²) in [6.45, 7) is 5.86. The van der Waals surface area contributed by atoms with Gasteiger partial charge in [0.15, 0.2) is 9.84 Å². The molecule has 1 aliphatic rings. The summed E-state index contributed by atoms with van der Waals surface area (Å²) in [5.74, 6) is -0.167. The molecule has 1 N–H and O–H groups in total. The Hall–Kier alpha value is -1.88. The van der Waals surface area contributed by atoms with E-state index in [2.05, 4.69) is 32.4 Å². The van der Waals surface area contributed by atoms with Crippen molar-refractivity contribution < 1.29 is 13.2 Å². The summed E-state index contributed by atoms with van der Waals surface area (Å²) in [6, 6.07) is 6.81. The zero-order chi connectivity index (χ0) is 20.1. The van der Waals surface area contributed by atoms with E-state index in [1.165, 1.54) is 11.3 Å². The quantitative estimate of drug-likeness (QED) is 0.711. The SMILES string of the molecule is Cc1ccc(S(=O)(=O)CCc2nnc(NC(=O)CN3CCN(C)CC3)s2)cc1. The number of nitrogens with one attached hydrogen (secondary N) is 1. The van der Waals surface area contributed by atoms with Crippen molar-refractivity contribution in [2.24, 2.45) is 0 Å². The fourth-order valence-electron chi connectivity index (χ4n) is 2.86. The van der Waals surface area contributed by atoms with Crippen LogP contribution in [-0.2, 0) is 21.1 Å². The number of carbonyl (C=O) groups is 1. The smallest absolute Gasteiger partial charge is 0.240 e. The van der Waals surface area contributed by atoms with Crippen molar-refractivity contribution in [3.05, 3.63) is 34.8 Å². The predicted octanol–water partition coefficient (Wildman–Crippen LogP) is 1.05. The third-order valence-corrected chi connectivity index (χ3v) is 7.27. The number of hydrogen-bond acceptors (Lipinski definition) is 8. The Morgan fingerprint density at radius 1 is 1.14 bits per heavy atom. The van der Waals surface area contributed by atoms with Crippen molar-refractivity contribution in [2.75, 3.05) is 50.8 Å². The molecule has 0 spiro atoms. The van der Waals surface area contributed by atoms with Gasteiger partial charge in [0.25, 0.3) is 0 Å². The standard InChI is InChI=1S/C18H25N5O3S2/c1-14-3-5-15(6-4-14)28(25,26)12-7-17-20-21-18(27-17)19-16(24)13-23-10-8-22(2)9-11-23/h3-6H,7-13H2,1-2H3,(H,19,21,24). The van der Waals surface area contributed by atoms with Gasteiger partial charge >= 0.3 is 0 Å². The molecule has 1 aromatic carbocycles.